The van der Waals surface area contributed by atoms with Crippen LogP contribution in [0, 0.1) is 0 Å². The molecule has 4 nitrogen and oxygen atoms in total. The van der Waals surface area contributed by atoms with E-state index in [1.165, 1.54) is 0 Å². The second-order valence-corrected chi connectivity index (χ2v) is 6.22. The first-order valence-electron chi connectivity index (χ1n) is 8.47. The summed E-state index contributed by atoms with van der Waals surface area (Å²) in [4.78, 5) is 17.0. The highest BCUT2D eigenvalue weighted by Crippen LogP contribution is 2.33. The highest BCUT2D eigenvalue weighted by molar-refractivity contribution is 6.35. The normalized spacial score (nSPS) is 10.1. The summed E-state index contributed by atoms with van der Waals surface area (Å²) in [5.41, 5.74) is 3.94. The highest BCUT2D eigenvalue weighted by atomic mass is 35.5. The predicted molar refractivity (Wildman–Crippen MR) is 116 cm³/mol. The standard InChI is InChI=1S/C21H20ClN3O.ClH/c1-3-12-23-21(26)16-13-24-20-15(9-7-10-17(20)22)19(16)25-18-11-6-5-8-14(18)4-2;/h3,5-11,13H,1,4,12H2,2H3,(H,23,26)(H,24,25);1H. The molecule has 1 amide bonds. The molecule has 0 fully saturated rings. The quantitative estimate of drug-likeness (QED) is 0.533. The third-order valence-electron chi connectivity index (χ3n) is 4.16. The fraction of sp³-hybridized carbons (Fsp3) is 0.143. The van der Waals surface area contributed by atoms with Gasteiger partial charge in [0.2, 0.25) is 0 Å². The Hall–Kier alpha value is -2.56. The van der Waals surface area contributed by atoms with Crippen molar-refractivity contribution in [3.05, 3.63) is 77.5 Å². The zero-order valence-electron chi connectivity index (χ0n) is 15.0. The van der Waals surface area contributed by atoms with Gasteiger partial charge in [-0.25, -0.2) is 0 Å². The number of para-hydroxylation sites is 2. The van der Waals surface area contributed by atoms with Gasteiger partial charge in [-0.15, -0.1) is 19.0 Å². The van der Waals surface area contributed by atoms with E-state index in [1.54, 1.807) is 18.3 Å². The number of nitrogens with zero attached hydrogens (tertiary/aromatic N) is 1. The summed E-state index contributed by atoms with van der Waals surface area (Å²) < 4.78 is 0. The number of aryl methyl sites for hydroxylation is 1. The molecule has 1 aromatic heterocycles. The molecule has 0 saturated heterocycles. The number of benzene rings is 2. The van der Waals surface area contributed by atoms with Gasteiger partial charge in [-0.2, -0.15) is 0 Å². The van der Waals surface area contributed by atoms with Crippen molar-refractivity contribution in [2.24, 2.45) is 0 Å². The third kappa shape index (κ3) is 4.41. The highest BCUT2D eigenvalue weighted by Gasteiger charge is 2.17. The molecule has 3 rings (SSSR count). The Balaban J connectivity index is 0.00000261. The lowest BCUT2D eigenvalue weighted by Gasteiger charge is -2.17. The number of halogens is 2. The summed E-state index contributed by atoms with van der Waals surface area (Å²) in [5.74, 6) is -0.212. The van der Waals surface area contributed by atoms with Gasteiger partial charge in [0.05, 0.1) is 21.8 Å². The minimum atomic E-state index is -0.212. The minimum Gasteiger partial charge on any atom is -0.354 e. The number of carbonyl (C=O) groups excluding carboxylic acids is 1. The number of nitrogens with one attached hydrogen (secondary N) is 2. The predicted octanol–water partition coefficient (Wildman–Crippen LogP) is 5.53. The molecular weight excluding hydrogens is 381 g/mol. The molecule has 6 heteroatoms. The van der Waals surface area contributed by atoms with E-state index < -0.39 is 0 Å². The van der Waals surface area contributed by atoms with E-state index in [0.717, 1.165) is 23.1 Å². The molecule has 2 aromatic carbocycles. The maximum atomic E-state index is 12.6. The van der Waals surface area contributed by atoms with E-state index in [4.69, 9.17) is 11.6 Å². The average Bonchev–Trinajstić information content (AvgIpc) is 2.67. The second kappa shape index (κ2) is 9.40. The van der Waals surface area contributed by atoms with Crippen molar-refractivity contribution in [2.75, 3.05) is 11.9 Å². The van der Waals surface area contributed by atoms with Gasteiger partial charge in [0.25, 0.3) is 5.91 Å². The summed E-state index contributed by atoms with van der Waals surface area (Å²) in [6, 6.07) is 13.6. The molecular formula is C21H21Cl2N3O. The smallest absolute Gasteiger partial charge is 0.255 e. The third-order valence-corrected chi connectivity index (χ3v) is 4.46. The summed E-state index contributed by atoms with van der Waals surface area (Å²) in [6.07, 6.45) is 4.08. The fourth-order valence-electron chi connectivity index (χ4n) is 2.84. The first kappa shape index (κ1) is 20.7. The van der Waals surface area contributed by atoms with Crippen LogP contribution in [0.1, 0.15) is 22.8 Å². The maximum Gasteiger partial charge on any atom is 0.255 e. The van der Waals surface area contributed by atoms with Crippen molar-refractivity contribution < 1.29 is 4.79 Å². The molecule has 0 atom stereocenters. The van der Waals surface area contributed by atoms with E-state index in [1.807, 2.05) is 30.3 Å². The SMILES string of the molecule is C=CCNC(=O)c1cnc2c(Cl)cccc2c1Nc1ccccc1CC.Cl. The van der Waals surface area contributed by atoms with E-state index in [0.29, 0.717) is 28.3 Å². The molecule has 0 unspecified atom stereocenters. The van der Waals surface area contributed by atoms with Crippen molar-refractivity contribution in [3.8, 4) is 0 Å². The number of carbonyl (C=O) groups is 1. The van der Waals surface area contributed by atoms with Gasteiger partial charge in [-0.05, 0) is 24.1 Å². The first-order valence-corrected chi connectivity index (χ1v) is 8.84. The Morgan fingerprint density at radius 3 is 2.74 bits per heavy atom. The Bertz CT molecular complexity index is 973. The van der Waals surface area contributed by atoms with Gasteiger partial charge < -0.3 is 10.6 Å². The zero-order chi connectivity index (χ0) is 18.5. The van der Waals surface area contributed by atoms with Crippen LogP contribution in [-0.4, -0.2) is 17.4 Å². The van der Waals surface area contributed by atoms with Crippen LogP contribution in [-0.2, 0) is 6.42 Å². The molecule has 0 radical (unpaired) electrons. The average molecular weight is 402 g/mol. The zero-order valence-corrected chi connectivity index (χ0v) is 16.5. The maximum absolute atomic E-state index is 12.6. The summed E-state index contributed by atoms with van der Waals surface area (Å²) in [5, 5.41) is 7.60. The lowest BCUT2D eigenvalue weighted by atomic mass is 10.1. The number of pyridine rings is 1. The van der Waals surface area contributed by atoms with Gasteiger partial charge in [0.15, 0.2) is 0 Å². The minimum absolute atomic E-state index is 0. The molecule has 0 saturated carbocycles. The number of fused-ring (bicyclic) bond motifs is 1. The number of hydrogen-bond acceptors (Lipinski definition) is 3. The Kier molecular flexibility index (Phi) is 7.22. The van der Waals surface area contributed by atoms with Crippen LogP contribution in [0.4, 0.5) is 11.4 Å². The second-order valence-electron chi connectivity index (χ2n) is 5.82. The van der Waals surface area contributed by atoms with E-state index in [2.05, 4.69) is 35.2 Å². The van der Waals surface area contributed by atoms with Crippen LogP contribution >= 0.6 is 24.0 Å². The molecule has 3 aromatic rings. The van der Waals surface area contributed by atoms with Crippen molar-refractivity contribution >= 4 is 52.2 Å². The van der Waals surface area contributed by atoms with Crippen molar-refractivity contribution in [1.29, 1.82) is 0 Å². The van der Waals surface area contributed by atoms with Crippen LogP contribution in [0.5, 0.6) is 0 Å². The fourth-order valence-corrected chi connectivity index (χ4v) is 3.06. The first-order chi connectivity index (χ1) is 12.7. The molecule has 2 N–H and O–H groups in total. The van der Waals surface area contributed by atoms with Crippen LogP contribution in [0.3, 0.4) is 0 Å². The van der Waals surface area contributed by atoms with Gasteiger partial charge in [-0.3, -0.25) is 9.78 Å². The van der Waals surface area contributed by atoms with Crippen molar-refractivity contribution in [1.82, 2.24) is 10.3 Å². The number of rotatable bonds is 6. The van der Waals surface area contributed by atoms with E-state index in [9.17, 15) is 4.79 Å². The monoisotopic (exact) mass is 401 g/mol. The molecule has 0 aliphatic heterocycles. The number of aromatic nitrogens is 1. The topological polar surface area (TPSA) is 54.0 Å². The Labute approximate surface area is 170 Å². The lowest BCUT2D eigenvalue weighted by Crippen LogP contribution is -2.24. The molecule has 140 valence electrons. The molecule has 0 spiro atoms. The number of hydrogen-bond donors (Lipinski definition) is 2. The van der Waals surface area contributed by atoms with Gasteiger partial charge in [-0.1, -0.05) is 54.9 Å². The number of anilines is 2. The molecule has 0 aliphatic carbocycles. The summed E-state index contributed by atoms with van der Waals surface area (Å²) >= 11 is 6.30. The summed E-state index contributed by atoms with van der Waals surface area (Å²) in [7, 11) is 0. The van der Waals surface area contributed by atoms with Crippen LogP contribution in [0.2, 0.25) is 5.02 Å². The Morgan fingerprint density at radius 2 is 2.00 bits per heavy atom. The molecule has 1 heterocycles. The van der Waals surface area contributed by atoms with E-state index >= 15 is 0 Å². The molecule has 27 heavy (non-hydrogen) atoms. The summed E-state index contributed by atoms with van der Waals surface area (Å²) in [6.45, 7) is 6.12. The van der Waals surface area contributed by atoms with Gasteiger partial charge >= 0.3 is 0 Å². The Morgan fingerprint density at radius 1 is 1.22 bits per heavy atom. The molecule has 0 bridgehead atoms. The number of amides is 1. The molecule has 0 aliphatic rings. The largest absolute Gasteiger partial charge is 0.354 e. The van der Waals surface area contributed by atoms with Crippen LogP contribution < -0.4 is 10.6 Å². The van der Waals surface area contributed by atoms with Crippen molar-refractivity contribution in [3.63, 3.8) is 0 Å². The lowest BCUT2D eigenvalue weighted by molar-refractivity contribution is 0.0958. The van der Waals surface area contributed by atoms with Gasteiger partial charge in [0.1, 0.15) is 0 Å². The van der Waals surface area contributed by atoms with Crippen LogP contribution in [0.15, 0.2) is 61.3 Å². The van der Waals surface area contributed by atoms with Crippen LogP contribution in [0.25, 0.3) is 10.9 Å². The van der Waals surface area contributed by atoms with E-state index in [-0.39, 0.29) is 18.3 Å². The van der Waals surface area contributed by atoms with Crippen molar-refractivity contribution in [2.45, 2.75) is 13.3 Å². The van der Waals surface area contributed by atoms with Gasteiger partial charge in [0, 0.05) is 23.8 Å².